The molecule has 0 aliphatic heterocycles. The Morgan fingerprint density at radius 3 is 1.29 bits per heavy atom. The summed E-state index contributed by atoms with van der Waals surface area (Å²) in [7, 11) is 0. The number of hydrogen-bond acceptors (Lipinski definition) is 0. The van der Waals surface area contributed by atoms with E-state index < -0.39 is 0 Å². The van der Waals surface area contributed by atoms with Gasteiger partial charge in [-0.3, -0.25) is 6.08 Å². The maximum absolute atomic E-state index is 3.29. The van der Waals surface area contributed by atoms with E-state index in [1.807, 2.05) is 0 Å². The minimum absolute atomic E-state index is 0. The molecule has 0 fully saturated rings. The van der Waals surface area contributed by atoms with Crippen molar-refractivity contribution in [3.8, 4) is 0 Å². The molecule has 0 heterocycles. The summed E-state index contributed by atoms with van der Waals surface area (Å²) in [5, 5.41) is 5.39. The number of fused-ring (bicyclic) bond motifs is 3. The summed E-state index contributed by atoms with van der Waals surface area (Å²) in [4.78, 5) is 0. The molecule has 0 spiro atoms. The van der Waals surface area contributed by atoms with Crippen molar-refractivity contribution in [1.29, 1.82) is 0 Å². The van der Waals surface area contributed by atoms with Crippen LogP contribution in [0.1, 0.15) is 84.6 Å². The second-order valence-corrected chi connectivity index (χ2v) is 15.0. The Hall–Kier alpha value is -2.44. The molecular weight excluding hydrogens is 667 g/mol. The molecule has 0 amide bonds. The van der Waals surface area contributed by atoms with Crippen LogP contribution in [0.25, 0.3) is 21.5 Å². The minimum atomic E-state index is 0. The van der Waals surface area contributed by atoms with E-state index in [0.717, 1.165) is 0 Å². The van der Waals surface area contributed by atoms with Gasteiger partial charge in [-0.1, -0.05) is 56.2 Å². The molecule has 0 bridgehead atoms. The Morgan fingerprint density at radius 2 is 1.00 bits per heavy atom. The Morgan fingerprint density at radius 1 is 0.622 bits per heavy atom. The van der Waals surface area contributed by atoms with E-state index in [9.17, 15) is 0 Å². The van der Waals surface area contributed by atoms with Crippen LogP contribution in [-0.4, -0.2) is 3.21 Å². The number of rotatable bonds is 2. The van der Waals surface area contributed by atoms with Gasteiger partial charge in [0.15, 0.2) is 0 Å². The topological polar surface area (TPSA) is 0 Å². The monoisotopic (exact) mass is 710 g/mol. The quantitative estimate of drug-likeness (QED) is 0.214. The van der Waals surface area contributed by atoms with Crippen LogP contribution in [0, 0.1) is 12.0 Å². The molecule has 0 saturated carbocycles. The molecular formula is C42H46Cl2Zr-2. The largest absolute Gasteiger partial charge is 1.00 e. The molecule has 1 aliphatic carbocycles. The van der Waals surface area contributed by atoms with E-state index in [1.54, 1.807) is 0 Å². The number of allylic oxidation sites excluding steroid dienone is 4. The summed E-state index contributed by atoms with van der Waals surface area (Å²) in [6.45, 7) is 19.9. The van der Waals surface area contributed by atoms with Gasteiger partial charge in [0.2, 0.25) is 0 Å². The molecule has 0 aromatic heterocycles. The predicted octanol–water partition coefficient (Wildman–Crippen LogP) is 5.45. The summed E-state index contributed by atoms with van der Waals surface area (Å²) in [5.41, 5.74) is 8.60. The first-order chi connectivity index (χ1) is 20.2. The molecule has 1 aliphatic rings. The van der Waals surface area contributed by atoms with E-state index in [-0.39, 0.29) is 35.6 Å². The second kappa shape index (κ2) is 16.4. The van der Waals surface area contributed by atoms with Crippen molar-refractivity contribution >= 4 is 24.8 Å². The molecule has 0 saturated heterocycles. The van der Waals surface area contributed by atoms with Crippen LogP contribution in [0.2, 0.25) is 0 Å². The zero-order chi connectivity index (χ0) is 31.4. The van der Waals surface area contributed by atoms with Gasteiger partial charge in [0, 0.05) is 0 Å². The normalized spacial score (nSPS) is 14.2. The van der Waals surface area contributed by atoms with E-state index in [1.165, 1.54) is 82.4 Å². The third-order valence-electron chi connectivity index (χ3n) is 8.14. The number of benzene rings is 4. The van der Waals surface area contributed by atoms with Gasteiger partial charge in [0.25, 0.3) is 0 Å². The van der Waals surface area contributed by atoms with Gasteiger partial charge in [-0.15, -0.1) is 46.7 Å². The van der Waals surface area contributed by atoms with Crippen molar-refractivity contribution in [3.63, 3.8) is 0 Å². The van der Waals surface area contributed by atoms with Crippen LogP contribution < -0.4 is 24.8 Å². The predicted molar refractivity (Wildman–Crippen MR) is 186 cm³/mol. The van der Waals surface area contributed by atoms with Gasteiger partial charge in [0.1, 0.15) is 0 Å². The first-order valence-corrected chi connectivity index (χ1v) is 16.6. The first kappa shape index (κ1) is 38.7. The molecule has 1 atom stereocenters. The molecule has 0 N–H and O–H groups in total. The third-order valence-corrected chi connectivity index (χ3v) is 9.56. The smallest absolute Gasteiger partial charge is 0.0733 e. The van der Waals surface area contributed by atoms with Gasteiger partial charge in [-0.05, 0) is 0 Å². The standard InChI is InChI=1S/C21H26.C13H9.C8H11.2ClH.Zr/c1-20(2,3)18-11-7-16(8-12-18)15-17-9-13-19(14-10-17)21(4,5)6;1-3-7-12-10(5-1)9-11-6-2-4-8-13(11)12;1-6-4-7(2)8(3)5-6;;;/h7-14H,1-6H3;1-9H;4,6H,1-3H3;2*1H;/q;2*-1;;;+2/p-2. The van der Waals surface area contributed by atoms with Gasteiger partial charge < -0.3 is 24.8 Å². The van der Waals surface area contributed by atoms with Crippen molar-refractivity contribution < 1.29 is 49.0 Å². The summed E-state index contributed by atoms with van der Waals surface area (Å²) in [6, 6.07) is 37.4. The maximum Gasteiger partial charge on any atom is -0.0733 e. The molecule has 6 rings (SSSR count). The third kappa shape index (κ3) is 10.3. The first-order valence-electron chi connectivity index (χ1n) is 15.4. The van der Waals surface area contributed by atoms with Gasteiger partial charge in [-0.2, -0.15) is 6.08 Å². The summed E-state index contributed by atoms with van der Waals surface area (Å²) >= 11 is 1.46. The SMILES string of the molecule is CC(C)(C)c1ccc([C](=[Zr+2])c2ccc(C(C)(C)C)cc2)cc1.CC1=[C-]C(C)C=C1C.[Cl-].[Cl-].c1ccc2c(c1)[cH-]c1ccccc12. The fourth-order valence-corrected chi connectivity index (χ4v) is 6.16. The zero-order valence-corrected chi connectivity index (χ0v) is 32.2. The van der Waals surface area contributed by atoms with Crippen molar-refractivity contribution in [1.82, 2.24) is 0 Å². The van der Waals surface area contributed by atoms with Crippen LogP contribution in [0.4, 0.5) is 0 Å². The second-order valence-electron chi connectivity index (χ2n) is 13.8. The van der Waals surface area contributed by atoms with Crippen LogP contribution >= 0.6 is 0 Å². The molecule has 5 aromatic rings. The Kier molecular flexibility index (Phi) is 14.1. The van der Waals surface area contributed by atoms with E-state index in [4.69, 9.17) is 0 Å². The van der Waals surface area contributed by atoms with E-state index in [2.05, 4.69) is 178 Å². The fraction of sp³-hybridized carbons (Fsp3) is 0.286. The number of hydrogen-bond donors (Lipinski definition) is 0. The molecule has 0 radical (unpaired) electrons. The van der Waals surface area contributed by atoms with E-state index >= 15 is 0 Å². The maximum atomic E-state index is 3.29. The Balaban J connectivity index is 0.000000258. The zero-order valence-electron chi connectivity index (χ0n) is 28.2. The summed E-state index contributed by atoms with van der Waals surface area (Å²) in [5.74, 6) is 0.551. The van der Waals surface area contributed by atoms with Crippen LogP contribution in [0.5, 0.6) is 0 Å². The van der Waals surface area contributed by atoms with E-state index in [0.29, 0.717) is 5.92 Å². The average Bonchev–Trinajstić information content (AvgIpc) is 3.49. The van der Waals surface area contributed by atoms with Gasteiger partial charge in [0.05, 0.1) is 0 Å². The van der Waals surface area contributed by atoms with Crippen LogP contribution in [0.15, 0.2) is 120 Å². The van der Waals surface area contributed by atoms with Crippen LogP contribution in [-0.2, 0) is 35.1 Å². The molecule has 0 nitrogen and oxygen atoms in total. The molecule has 234 valence electrons. The molecule has 3 heteroatoms. The van der Waals surface area contributed by atoms with Crippen molar-refractivity contribution in [3.05, 3.63) is 149 Å². The molecule has 1 unspecified atom stereocenters. The van der Waals surface area contributed by atoms with Crippen molar-refractivity contribution in [2.45, 2.75) is 73.1 Å². The fourth-order valence-electron chi connectivity index (χ4n) is 5.34. The Bertz CT molecular complexity index is 1620. The van der Waals surface area contributed by atoms with Gasteiger partial charge >= 0.3 is 151 Å². The number of halogens is 2. The van der Waals surface area contributed by atoms with Crippen molar-refractivity contribution in [2.24, 2.45) is 5.92 Å². The van der Waals surface area contributed by atoms with Crippen molar-refractivity contribution in [2.75, 3.05) is 0 Å². The Labute approximate surface area is 299 Å². The minimum Gasteiger partial charge on any atom is -1.00 e. The average molecular weight is 713 g/mol. The summed E-state index contributed by atoms with van der Waals surface area (Å²) in [6.07, 6.45) is 5.52. The van der Waals surface area contributed by atoms with Crippen LogP contribution in [0.3, 0.4) is 0 Å². The molecule has 45 heavy (non-hydrogen) atoms. The molecule has 5 aromatic carbocycles. The van der Waals surface area contributed by atoms with Gasteiger partial charge in [-0.25, -0.2) is 11.1 Å². The summed E-state index contributed by atoms with van der Waals surface area (Å²) < 4.78 is 1.42.